The van der Waals surface area contributed by atoms with Gasteiger partial charge in [-0.1, -0.05) is 12.1 Å². The summed E-state index contributed by atoms with van der Waals surface area (Å²) in [4.78, 5) is 36.4. The standard InChI is InChI=1S/C28H33FN6O4/c1-34(2)14-6-9-23(36)35(3)15-16-39-22-17-30-12-10-18(22)25-26(24-20(32-25)11-13-31-28(24)37)33-21-8-5-7-19(29)27(21)38-4/h5-10,12,17,32-33H,11,13-16H2,1-4H3,(H,31,37)/b9-6+. The quantitative estimate of drug-likeness (QED) is 0.323. The molecule has 1 aliphatic rings. The third-order valence-corrected chi connectivity index (χ3v) is 6.24. The van der Waals surface area contributed by atoms with Crippen molar-refractivity contribution in [1.82, 2.24) is 25.1 Å². The average Bonchev–Trinajstić information content (AvgIpc) is 3.28. The highest BCUT2D eigenvalue weighted by Gasteiger charge is 2.29. The Balaban J connectivity index is 1.61. The highest BCUT2D eigenvalue weighted by Crippen LogP contribution is 2.41. The van der Waals surface area contributed by atoms with E-state index in [1.807, 2.05) is 25.1 Å². The smallest absolute Gasteiger partial charge is 0.255 e. The Kier molecular flexibility index (Phi) is 8.82. The molecule has 3 N–H and O–H groups in total. The van der Waals surface area contributed by atoms with E-state index in [9.17, 15) is 14.0 Å². The number of H-pyrrole nitrogens is 1. The molecular formula is C28H33FN6O4. The minimum absolute atomic E-state index is 0.0353. The molecule has 2 aromatic heterocycles. The van der Waals surface area contributed by atoms with Gasteiger partial charge in [0.2, 0.25) is 5.91 Å². The van der Waals surface area contributed by atoms with E-state index < -0.39 is 5.82 Å². The van der Waals surface area contributed by atoms with Crippen molar-refractivity contribution in [2.75, 3.05) is 59.8 Å². The summed E-state index contributed by atoms with van der Waals surface area (Å²) in [6.45, 7) is 1.75. The lowest BCUT2D eigenvalue weighted by Gasteiger charge is -2.18. The SMILES string of the molecule is COc1c(F)cccc1Nc1c(-c2ccncc2OCCN(C)C(=O)/C=C/CN(C)C)[nH]c2c1C(=O)NCC2. The first-order valence-electron chi connectivity index (χ1n) is 12.6. The molecule has 0 atom stereocenters. The van der Waals surface area contributed by atoms with Crippen LogP contribution in [0.4, 0.5) is 15.8 Å². The van der Waals surface area contributed by atoms with Gasteiger partial charge in [0.05, 0.1) is 42.5 Å². The number of halogens is 1. The van der Waals surface area contributed by atoms with E-state index in [0.717, 1.165) is 5.69 Å². The Hall–Kier alpha value is -4.38. The molecule has 0 saturated heterocycles. The van der Waals surface area contributed by atoms with Gasteiger partial charge in [0, 0.05) is 50.1 Å². The Morgan fingerprint density at radius 3 is 2.85 bits per heavy atom. The first-order valence-corrected chi connectivity index (χ1v) is 12.6. The van der Waals surface area contributed by atoms with Gasteiger partial charge in [-0.15, -0.1) is 0 Å². The summed E-state index contributed by atoms with van der Waals surface area (Å²) in [5, 5.41) is 6.09. The van der Waals surface area contributed by atoms with Crippen molar-refractivity contribution in [1.29, 1.82) is 0 Å². The molecule has 0 spiro atoms. The fourth-order valence-electron chi connectivity index (χ4n) is 4.25. The molecule has 4 rings (SSSR count). The fraction of sp³-hybridized carbons (Fsp3) is 0.321. The van der Waals surface area contributed by atoms with Gasteiger partial charge in [0.25, 0.3) is 5.91 Å². The van der Waals surface area contributed by atoms with Crippen molar-refractivity contribution in [3.8, 4) is 22.8 Å². The maximum absolute atomic E-state index is 14.4. The number of benzene rings is 1. The number of aromatic amines is 1. The van der Waals surface area contributed by atoms with Gasteiger partial charge in [0.1, 0.15) is 12.4 Å². The second kappa shape index (κ2) is 12.4. The number of methoxy groups -OCH3 is 1. The molecule has 10 nitrogen and oxygen atoms in total. The van der Waals surface area contributed by atoms with Crippen LogP contribution in [0, 0.1) is 5.82 Å². The molecule has 0 radical (unpaired) electrons. The normalized spacial score (nSPS) is 12.8. The number of pyridine rings is 1. The highest BCUT2D eigenvalue weighted by atomic mass is 19.1. The maximum atomic E-state index is 14.4. The number of ether oxygens (including phenoxy) is 2. The number of anilines is 2. The lowest BCUT2D eigenvalue weighted by Crippen LogP contribution is -2.31. The summed E-state index contributed by atoms with van der Waals surface area (Å²) < 4.78 is 25.8. The van der Waals surface area contributed by atoms with Gasteiger partial charge in [-0.25, -0.2) is 4.39 Å². The van der Waals surface area contributed by atoms with E-state index in [0.29, 0.717) is 60.0 Å². The Labute approximate surface area is 226 Å². The van der Waals surface area contributed by atoms with Crippen molar-refractivity contribution in [2.24, 2.45) is 0 Å². The molecule has 0 bridgehead atoms. The summed E-state index contributed by atoms with van der Waals surface area (Å²) in [6.07, 6.45) is 7.17. The van der Waals surface area contributed by atoms with Crippen molar-refractivity contribution in [3.63, 3.8) is 0 Å². The van der Waals surface area contributed by atoms with Crippen molar-refractivity contribution in [2.45, 2.75) is 6.42 Å². The van der Waals surface area contributed by atoms with Crippen LogP contribution in [0.1, 0.15) is 16.1 Å². The van der Waals surface area contributed by atoms with Crippen LogP contribution in [0.5, 0.6) is 11.5 Å². The molecule has 0 unspecified atom stereocenters. The number of fused-ring (bicyclic) bond motifs is 1. The molecule has 3 aromatic rings. The molecule has 3 heterocycles. The fourth-order valence-corrected chi connectivity index (χ4v) is 4.25. The van der Waals surface area contributed by atoms with Gasteiger partial charge in [-0.2, -0.15) is 0 Å². The lowest BCUT2D eigenvalue weighted by molar-refractivity contribution is -0.125. The van der Waals surface area contributed by atoms with Gasteiger partial charge >= 0.3 is 0 Å². The average molecular weight is 537 g/mol. The van der Waals surface area contributed by atoms with E-state index in [2.05, 4.69) is 20.6 Å². The zero-order valence-corrected chi connectivity index (χ0v) is 22.5. The van der Waals surface area contributed by atoms with Crippen molar-refractivity contribution >= 4 is 23.2 Å². The molecule has 206 valence electrons. The number of carbonyl (C=O) groups is 2. The number of rotatable bonds is 11. The second-order valence-electron chi connectivity index (χ2n) is 9.32. The predicted molar refractivity (Wildman–Crippen MR) is 147 cm³/mol. The van der Waals surface area contributed by atoms with Crippen LogP contribution < -0.4 is 20.1 Å². The highest BCUT2D eigenvalue weighted by molar-refractivity contribution is 6.06. The number of hydrogen-bond donors (Lipinski definition) is 3. The van der Waals surface area contributed by atoms with E-state index in [4.69, 9.17) is 9.47 Å². The zero-order chi connectivity index (χ0) is 27.9. The summed E-state index contributed by atoms with van der Waals surface area (Å²) in [5.41, 5.74) is 3.30. The topological polar surface area (TPSA) is 112 Å². The molecule has 0 saturated carbocycles. The second-order valence-corrected chi connectivity index (χ2v) is 9.32. The van der Waals surface area contributed by atoms with E-state index in [1.165, 1.54) is 13.2 Å². The number of likely N-dealkylation sites (N-methyl/N-ethyl adjacent to an activating group) is 2. The Morgan fingerprint density at radius 2 is 2.08 bits per heavy atom. The van der Waals surface area contributed by atoms with Gasteiger partial charge in [-0.3, -0.25) is 14.6 Å². The number of aromatic nitrogens is 2. The molecule has 0 fully saturated rings. The Morgan fingerprint density at radius 1 is 1.26 bits per heavy atom. The van der Waals surface area contributed by atoms with E-state index in [1.54, 1.807) is 48.6 Å². The van der Waals surface area contributed by atoms with E-state index in [-0.39, 0.29) is 24.2 Å². The minimum Gasteiger partial charge on any atom is -0.492 e. The number of nitrogens with one attached hydrogen (secondary N) is 3. The monoisotopic (exact) mass is 536 g/mol. The number of carbonyl (C=O) groups excluding carboxylic acids is 2. The van der Waals surface area contributed by atoms with Gasteiger partial charge < -0.3 is 34.9 Å². The van der Waals surface area contributed by atoms with Crippen LogP contribution in [-0.4, -0.2) is 86.1 Å². The minimum atomic E-state index is -0.527. The summed E-state index contributed by atoms with van der Waals surface area (Å²) >= 11 is 0. The maximum Gasteiger partial charge on any atom is 0.255 e. The van der Waals surface area contributed by atoms with Crippen LogP contribution >= 0.6 is 0 Å². The first kappa shape index (κ1) is 27.6. The molecule has 2 amide bonds. The van der Waals surface area contributed by atoms with Gasteiger partial charge in [0.15, 0.2) is 11.6 Å². The van der Waals surface area contributed by atoms with Crippen LogP contribution in [0.25, 0.3) is 11.3 Å². The lowest BCUT2D eigenvalue weighted by atomic mass is 10.0. The Bertz CT molecular complexity index is 1370. The van der Waals surface area contributed by atoms with Crippen LogP contribution in [0.3, 0.4) is 0 Å². The predicted octanol–water partition coefficient (Wildman–Crippen LogP) is 3.21. The third kappa shape index (κ3) is 6.37. The summed E-state index contributed by atoms with van der Waals surface area (Å²) in [6, 6.07) is 6.32. The van der Waals surface area contributed by atoms with E-state index >= 15 is 0 Å². The van der Waals surface area contributed by atoms with Gasteiger partial charge in [-0.05, 0) is 32.3 Å². The molecular weight excluding hydrogens is 503 g/mol. The van der Waals surface area contributed by atoms with Crippen molar-refractivity contribution < 1.29 is 23.5 Å². The molecule has 1 aromatic carbocycles. The number of para-hydroxylation sites is 1. The summed E-state index contributed by atoms with van der Waals surface area (Å²) in [7, 11) is 6.96. The summed E-state index contributed by atoms with van der Waals surface area (Å²) in [5.74, 6) is -0.384. The van der Waals surface area contributed by atoms with Crippen LogP contribution in [0.2, 0.25) is 0 Å². The van der Waals surface area contributed by atoms with Crippen LogP contribution in [0.15, 0.2) is 48.8 Å². The number of hydrogen-bond acceptors (Lipinski definition) is 7. The number of amides is 2. The first-order chi connectivity index (χ1) is 18.8. The molecule has 0 aliphatic carbocycles. The molecule has 1 aliphatic heterocycles. The zero-order valence-electron chi connectivity index (χ0n) is 22.5. The van der Waals surface area contributed by atoms with Crippen molar-refractivity contribution in [3.05, 3.63) is 65.9 Å². The molecule has 39 heavy (non-hydrogen) atoms. The largest absolute Gasteiger partial charge is 0.492 e. The van der Waals surface area contributed by atoms with Crippen LogP contribution in [-0.2, 0) is 11.2 Å². The number of nitrogens with zero attached hydrogens (tertiary/aromatic N) is 3. The third-order valence-electron chi connectivity index (χ3n) is 6.24. The molecule has 11 heteroatoms.